The van der Waals surface area contributed by atoms with Crippen LogP contribution in [0.2, 0.25) is 0 Å². The molecule has 0 unspecified atom stereocenters. The molecular formula is C8H11Cl2NO2. The Morgan fingerprint density at radius 2 is 2.15 bits per heavy atom. The molecule has 74 valence electrons. The van der Waals surface area contributed by atoms with Crippen molar-refractivity contribution in [2.45, 2.75) is 19.4 Å². The van der Waals surface area contributed by atoms with Crippen LogP contribution < -0.4 is 0 Å². The van der Waals surface area contributed by atoms with Crippen LogP contribution in [0.1, 0.15) is 13.3 Å². The van der Waals surface area contributed by atoms with Crippen LogP contribution in [0.4, 0.5) is 0 Å². The number of aliphatic hydroxyl groups is 1. The second-order valence-electron chi connectivity index (χ2n) is 3.00. The van der Waals surface area contributed by atoms with Crippen molar-refractivity contribution >= 4 is 29.1 Å². The third-order valence-electron chi connectivity index (χ3n) is 1.89. The fraction of sp³-hybridized carbons (Fsp3) is 0.625. The van der Waals surface area contributed by atoms with Crippen molar-refractivity contribution in [1.82, 2.24) is 4.90 Å². The number of hydrogen-bond acceptors (Lipinski definition) is 2. The van der Waals surface area contributed by atoms with E-state index in [9.17, 15) is 4.79 Å². The Bertz CT molecular complexity index is 251. The largest absolute Gasteiger partial charge is 0.384 e. The zero-order valence-electron chi connectivity index (χ0n) is 7.26. The van der Waals surface area contributed by atoms with Gasteiger partial charge in [0, 0.05) is 18.0 Å². The van der Waals surface area contributed by atoms with Crippen molar-refractivity contribution in [2.24, 2.45) is 0 Å². The molecule has 1 aliphatic heterocycles. The van der Waals surface area contributed by atoms with Gasteiger partial charge in [0.15, 0.2) is 0 Å². The summed E-state index contributed by atoms with van der Waals surface area (Å²) < 4.78 is 0. The molecule has 3 nitrogen and oxygen atoms in total. The summed E-state index contributed by atoms with van der Waals surface area (Å²) in [6.45, 7) is 2.28. The molecule has 1 rings (SSSR count). The maximum atomic E-state index is 11.3. The van der Waals surface area contributed by atoms with E-state index in [1.54, 1.807) is 0 Å². The summed E-state index contributed by atoms with van der Waals surface area (Å²) in [5, 5.41) is 10.1. The molecule has 0 fully saturated rings. The maximum Gasteiger partial charge on any atom is 0.251 e. The van der Waals surface area contributed by atoms with Crippen LogP contribution in [0.25, 0.3) is 0 Å². The minimum atomic E-state index is -0.971. The van der Waals surface area contributed by atoms with Crippen LogP contribution in [-0.4, -0.2) is 35.1 Å². The van der Waals surface area contributed by atoms with Gasteiger partial charge in [-0.2, -0.15) is 0 Å². The Hall–Kier alpha value is -0.250. The molecule has 0 aromatic heterocycles. The highest BCUT2D eigenvalue weighted by Crippen LogP contribution is 2.24. The summed E-state index contributed by atoms with van der Waals surface area (Å²) in [6.07, 6.45) is -0.403. The zero-order chi connectivity index (χ0) is 10.0. The van der Waals surface area contributed by atoms with E-state index < -0.39 is 6.10 Å². The summed E-state index contributed by atoms with van der Waals surface area (Å²) in [7, 11) is 0. The van der Waals surface area contributed by atoms with Crippen molar-refractivity contribution < 1.29 is 9.90 Å². The van der Waals surface area contributed by atoms with Crippen LogP contribution in [0.5, 0.6) is 0 Å². The monoisotopic (exact) mass is 223 g/mol. The molecule has 0 aliphatic carbocycles. The highest BCUT2D eigenvalue weighted by molar-refractivity contribution is 6.39. The first-order chi connectivity index (χ1) is 6.02. The lowest BCUT2D eigenvalue weighted by Crippen LogP contribution is -2.41. The Morgan fingerprint density at radius 3 is 2.62 bits per heavy atom. The fourth-order valence-corrected chi connectivity index (χ4v) is 1.54. The summed E-state index contributed by atoms with van der Waals surface area (Å²) in [4.78, 5) is 12.8. The zero-order valence-corrected chi connectivity index (χ0v) is 8.77. The topological polar surface area (TPSA) is 40.5 Å². The average molecular weight is 224 g/mol. The first-order valence-electron chi connectivity index (χ1n) is 4.02. The molecule has 13 heavy (non-hydrogen) atoms. The predicted molar refractivity (Wildman–Crippen MR) is 51.6 cm³/mol. The van der Waals surface area contributed by atoms with Gasteiger partial charge in [0.05, 0.1) is 11.6 Å². The Balaban J connectivity index is 2.63. The minimum Gasteiger partial charge on any atom is -0.384 e. The quantitative estimate of drug-likeness (QED) is 0.728. The molecular weight excluding hydrogens is 213 g/mol. The number of nitrogens with zero attached hydrogens (tertiary/aromatic N) is 1. The predicted octanol–water partition coefficient (Wildman–Crippen LogP) is 1.29. The number of carbonyl (C=O) groups excluding carboxylic acids is 1. The third kappa shape index (κ3) is 2.59. The van der Waals surface area contributed by atoms with Crippen LogP contribution in [-0.2, 0) is 4.79 Å². The molecule has 1 heterocycles. The van der Waals surface area contributed by atoms with Gasteiger partial charge in [0.2, 0.25) is 0 Å². The Kier molecular flexibility index (Phi) is 3.59. The van der Waals surface area contributed by atoms with Crippen molar-refractivity contribution in [1.29, 1.82) is 0 Å². The normalized spacial score (nSPS) is 20.5. The van der Waals surface area contributed by atoms with Gasteiger partial charge in [-0.15, -0.1) is 0 Å². The van der Waals surface area contributed by atoms with Gasteiger partial charge >= 0.3 is 0 Å². The molecule has 5 heteroatoms. The lowest BCUT2D eigenvalue weighted by atomic mass is 10.2. The van der Waals surface area contributed by atoms with E-state index in [0.29, 0.717) is 29.6 Å². The Labute approximate surface area is 86.9 Å². The van der Waals surface area contributed by atoms with E-state index in [4.69, 9.17) is 28.3 Å². The lowest BCUT2D eigenvalue weighted by molar-refractivity contribution is -0.138. The van der Waals surface area contributed by atoms with Crippen molar-refractivity contribution in [3.05, 3.63) is 10.1 Å². The number of carbonyl (C=O) groups is 1. The van der Waals surface area contributed by atoms with E-state index in [0.717, 1.165) is 0 Å². The lowest BCUT2D eigenvalue weighted by Gasteiger charge is -2.27. The van der Waals surface area contributed by atoms with Gasteiger partial charge < -0.3 is 10.0 Å². The molecule has 0 spiro atoms. The number of amides is 1. The Morgan fingerprint density at radius 1 is 1.54 bits per heavy atom. The van der Waals surface area contributed by atoms with Crippen LogP contribution in [0, 0.1) is 0 Å². The van der Waals surface area contributed by atoms with Gasteiger partial charge in [-0.25, -0.2) is 0 Å². The molecule has 0 radical (unpaired) electrons. The second kappa shape index (κ2) is 4.31. The molecule has 0 saturated heterocycles. The van der Waals surface area contributed by atoms with Gasteiger partial charge in [-0.3, -0.25) is 4.79 Å². The van der Waals surface area contributed by atoms with Crippen LogP contribution >= 0.6 is 23.2 Å². The van der Waals surface area contributed by atoms with E-state index in [-0.39, 0.29) is 5.91 Å². The molecule has 1 atom stereocenters. The molecule has 0 bridgehead atoms. The third-order valence-corrected chi connectivity index (χ3v) is 2.76. The van der Waals surface area contributed by atoms with Crippen molar-refractivity contribution in [3.8, 4) is 0 Å². The number of rotatable bonds is 1. The molecule has 0 aromatic rings. The molecule has 1 N–H and O–H groups in total. The number of aliphatic hydroxyl groups excluding tert-OH is 1. The van der Waals surface area contributed by atoms with Crippen molar-refractivity contribution in [3.63, 3.8) is 0 Å². The smallest absolute Gasteiger partial charge is 0.251 e. The highest BCUT2D eigenvalue weighted by Gasteiger charge is 2.23. The van der Waals surface area contributed by atoms with Crippen molar-refractivity contribution in [2.75, 3.05) is 13.1 Å². The van der Waals surface area contributed by atoms with Gasteiger partial charge in [0.25, 0.3) is 5.91 Å². The first kappa shape index (κ1) is 10.8. The van der Waals surface area contributed by atoms with E-state index in [2.05, 4.69) is 0 Å². The average Bonchev–Trinajstić information content (AvgIpc) is 2.08. The molecule has 0 aromatic carbocycles. The second-order valence-corrected chi connectivity index (χ2v) is 3.91. The standard InChI is InChI=1S/C8H11Cl2NO2/c1-5(12)8(13)11-3-2-6(9)7(10)4-11/h5,12H,2-4H2,1H3/t5-/m0/s1. The summed E-state index contributed by atoms with van der Waals surface area (Å²) in [5.41, 5.74) is 0. The fourth-order valence-electron chi connectivity index (χ4n) is 1.15. The van der Waals surface area contributed by atoms with Crippen LogP contribution in [0.15, 0.2) is 10.1 Å². The summed E-state index contributed by atoms with van der Waals surface area (Å²) in [5.74, 6) is -0.303. The minimum absolute atomic E-state index is 0.303. The maximum absolute atomic E-state index is 11.3. The van der Waals surface area contributed by atoms with E-state index >= 15 is 0 Å². The summed E-state index contributed by atoms with van der Waals surface area (Å²) in [6, 6.07) is 0. The first-order valence-corrected chi connectivity index (χ1v) is 4.78. The highest BCUT2D eigenvalue weighted by atomic mass is 35.5. The van der Waals surface area contributed by atoms with E-state index in [1.165, 1.54) is 11.8 Å². The number of hydrogen-bond donors (Lipinski definition) is 1. The number of halogens is 2. The van der Waals surface area contributed by atoms with Crippen LogP contribution in [0.3, 0.4) is 0 Å². The molecule has 1 aliphatic rings. The van der Waals surface area contributed by atoms with Gasteiger partial charge in [0.1, 0.15) is 6.10 Å². The SMILES string of the molecule is C[C@H](O)C(=O)N1CCC(Cl)=C(Cl)C1. The van der Waals surface area contributed by atoms with Gasteiger partial charge in [-0.1, -0.05) is 23.2 Å². The molecule has 1 amide bonds. The summed E-state index contributed by atoms with van der Waals surface area (Å²) >= 11 is 11.5. The van der Waals surface area contributed by atoms with Gasteiger partial charge in [-0.05, 0) is 6.92 Å². The molecule has 0 saturated carbocycles. The van der Waals surface area contributed by atoms with E-state index in [1.807, 2.05) is 0 Å².